The number of hydrogen-bond donors (Lipinski definition) is 0. The molecule has 2 nitrogen and oxygen atoms in total. The van der Waals surface area contributed by atoms with Crippen LogP contribution in [0, 0.1) is 6.92 Å². The fraction of sp³-hybridized carbons (Fsp3) is 0.286. The standard InChI is InChI=1S/C14H11Br2ClO2S/c1-7-4-12(20-14(7)16)13(15)8-5-10-11(6-9(8)17)19-3-2-18-10/h4-6,13H,2-3H2,1H3. The first kappa shape index (κ1) is 14.7. The summed E-state index contributed by atoms with van der Waals surface area (Å²) in [6, 6.07) is 5.94. The van der Waals surface area contributed by atoms with Gasteiger partial charge in [-0.1, -0.05) is 27.5 Å². The summed E-state index contributed by atoms with van der Waals surface area (Å²) >= 11 is 15.4. The van der Waals surface area contributed by atoms with Gasteiger partial charge < -0.3 is 9.47 Å². The lowest BCUT2D eigenvalue weighted by Crippen LogP contribution is -2.15. The Morgan fingerprint density at radius 2 is 1.85 bits per heavy atom. The van der Waals surface area contributed by atoms with E-state index in [1.54, 1.807) is 11.3 Å². The highest BCUT2D eigenvalue weighted by atomic mass is 79.9. The molecule has 0 radical (unpaired) electrons. The van der Waals surface area contributed by atoms with Gasteiger partial charge in [-0.05, 0) is 46.1 Å². The lowest BCUT2D eigenvalue weighted by atomic mass is 10.1. The molecule has 1 atom stereocenters. The Hall–Kier alpha value is -0.230. The third kappa shape index (κ3) is 2.73. The summed E-state index contributed by atoms with van der Waals surface area (Å²) in [5.74, 6) is 1.47. The molecule has 1 aliphatic rings. The summed E-state index contributed by atoms with van der Waals surface area (Å²) in [4.78, 5) is 1.24. The summed E-state index contributed by atoms with van der Waals surface area (Å²) in [5.41, 5.74) is 2.22. The molecule has 6 heteroatoms. The first-order chi connectivity index (χ1) is 9.56. The summed E-state index contributed by atoms with van der Waals surface area (Å²) in [6.45, 7) is 3.22. The van der Waals surface area contributed by atoms with E-state index in [0.717, 1.165) is 15.1 Å². The molecule has 2 aromatic rings. The lowest BCUT2D eigenvalue weighted by Gasteiger charge is -2.21. The van der Waals surface area contributed by atoms with Crippen LogP contribution in [0.4, 0.5) is 0 Å². The van der Waals surface area contributed by atoms with Crippen LogP contribution in [-0.2, 0) is 0 Å². The fourth-order valence-electron chi connectivity index (χ4n) is 2.04. The van der Waals surface area contributed by atoms with E-state index < -0.39 is 0 Å². The van der Waals surface area contributed by atoms with Crippen LogP contribution in [-0.4, -0.2) is 13.2 Å². The van der Waals surface area contributed by atoms with Crippen molar-refractivity contribution in [2.24, 2.45) is 0 Å². The number of hydrogen-bond acceptors (Lipinski definition) is 3. The second kappa shape index (κ2) is 5.87. The van der Waals surface area contributed by atoms with Crippen LogP contribution in [0.1, 0.15) is 20.8 Å². The quantitative estimate of drug-likeness (QED) is 0.558. The molecular weight excluding hydrogens is 427 g/mol. The Morgan fingerprint density at radius 1 is 1.20 bits per heavy atom. The van der Waals surface area contributed by atoms with Gasteiger partial charge in [-0.25, -0.2) is 0 Å². The van der Waals surface area contributed by atoms with Gasteiger partial charge in [0, 0.05) is 16.0 Å². The SMILES string of the molecule is Cc1cc(C(Br)c2cc3c(cc2Cl)OCCO3)sc1Br. The number of thiophene rings is 1. The number of aryl methyl sites for hydroxylation is 1. The zero-order valence-corrected chi connectivity index (χ0v) is 15.3. The summed E-state index contributed by atoms with van der Waals surface area (Å²) in [6.07, 6.45) is 0. The highest BCUT2D eigenvalue weighted by molar-refractivity contribution is 9.11. The Kier molecular flexibility index (Phi) is 4.32. The molecule has 2 heterocycles. The van der Waals surface area contributed by atoms with E-state index in [1.807, 2.05) is 12.1 Å². The molecule has 1 aromatic heterocycles. The van der Waals surface area contributed by atoms with Crippen LogP contribution < -0.4 is 9.47 Å². The van der Waals surface area contributed by atoms with Gasteiger partial charge in [-0.15, -0.1) is 11.3 Å². The average Bonchev–Trinajstić information content (AvgIpc) is 2.77. The first-order valence-corrected chi connectivity index (χ1v) is 8.95. The van der Waals surface area contributed by atoms with Crippen molar-refractivity contribution in [2.75, 3.05) is 13.2 Å². The van der Waals surface area contributed by atoms with Gasteiger partial charge in [-0.2, -0.15) is 0 Å². The lowest BCUT2D eigenvalue weighted by molar-refractivity contribution is 0.171. The van der Waals surface area contributed by atoms with Gasteiger partial charge in [0.2, 0.25) is 0 Å². The van der Waals surface area contributed by atoms with Crippen molar-refractivity contribution in [1.82, 2.24) is 0 Å². The smallest absolute Gasteiger partial charge is 0.162 e. The number of benzene rings is 1. The second-order valence-corrected chi connectivity index (χ2v) is 8.21. The number of rotatable bonds is 2. The van der Waals surface area contributed by atoms with Gasteiger partial charge in [0.1, 0.15) is 13.2 Å². The van der Waals surface area contributed by atoms with Crippen molar-refractivity contribution in [1.29, 1.82) is 0 Å². The van der Waals surface area contributed by atoms with Crippen LogP contribution in [0.2, 0.25) is 5.02 Å². The Bertz CT molecular complexity index is 637. The molecule has 1 unspecified atom stereocenters. The third-order valence-corrected chi connectivity index (χ3v) is 6.88. The maximum atomic E-state index is 6.38. The fourth-order valence-corrected chi connectivity index (χ4v) is 4.79. The van der Waals surface area contributed by atoms with Gasteiger partial charge >= 0.3 is 0 Å². The van der Waals surface area contributed by atoms with Crippen molar-refractivity contribution in [2.45, 2.75) is 11.8 Å². The normalized spacial score (nSPS) is 15.2. The predicted molar refractivity (Wildman–Crippen MR) is 90.0 cm³/mol. The molecule has 0 fully saturated rings. The highest BCUT2D eigenvalue weighted by Gasteiger charge is 2.21. The van der Waals surface area contributed by atoms with E-state index in [0.29, 0.717) is 24.0 Å². The molecule has 0 spiro atoms. The summed E-state index contributed by atoms with van der Waals surface area (Å²) in [5, 5.41) is 0.679. The second-order valence-electron chi connectivity index (χ2n) is 4.49. The van der Waals surface area contributed by atoms with Gasteiger partial charge in [0.25, 0.3) is 0 Å². The molecule has 1 aliphatic heterocycles. The molecule has 20 heavy (non-hydrogen) atoms. The minimum atomic E-state index is 0.0424. The van der Waals surface area contributed by atoms with Gasteiger partial charge in [-0.3, -0.25) is 0 Å². The van der Waals surface area contributed by atoms with Crippen LogP contribution >= 0.6 is 54.8 Å². The largest absolute Gasteiger partial charge is 0.486 e. The number of fused-ring (bicyclic) bond motifs is 1. The highest BCUT2D eigenvalue weighted by Crippen LogP contribution is 2.45. The minimum Gasteiger partial charge on any atom is -0.486 e. The van der Waals surface area contributed by atoms with E-state index in [4.69, 9.17) is 21.1 Å². The van der Waals surface area contributed by atoms with E-state index in [2.05, 4.69) is 44.8 Å². The van der Waals surface area contributed by atoms with Crippen molar-refractivity contribution in [3.63, 3.8) is 0 Å². The molecule has 0 saturated heterocycles. The molecule has 0 N–H and O–H groups in total. The molecule has 1 aromatic carbocycles. The number of halogens is 3. The van der Waals surface area contributed by atoms with Crippen LogP contribution in [0.15, 0.2) is 22.0 Å². The van der Waals surface area contributed by atoms with Crippen LogP contribution in [0.25, 0.3) is 0 Å². The first-order valence-electron chi connectivity index (χ1n) is 6.05. The minimum absolute atomic E-state index is 0.0424. The number of alkyl halides is 1. The average molecular weight is 439 g/mol. The summed E-state index contributed by atoms with van der Waals surface area (Å²) in [7, 11) is 0. The Morgan fingerprint density at radius 3 is 2.45 bits per heavy atom. The van der Waals surface area contributed by atoms with Gasteiger partial charge in [0.15, 0.2) is 11.5 Å². The topological polar surface area (TPSA) is 18.5 Å². The maximum absolute atomic E-state index is 6.38. The van der Waals surface area contributed by atoms with Crippen molar-refractivity contribution in [3.8, 4) is 11.5 Å². The van der Waals surface area contributed by atoms with Crippen LogP contribution in [0.3, 0.4) is 0 Å². The number of ether oxygens (including phenoxy) is 2. The van der Waals surface area contributed by atoms with E-state index >= 15 is 0 Å². The molecule has 0 bridgehead atoms. The maximum Gasteiger partial charge on any atom is 0.162 e. The Labute approximate surface area is 143 Å². The molecule has 0 aliphatic carbocycles. The predicted octanol–water partition coefficient (Wildman–Crippen LogP) is 5.73. The molecule has 3 rings (SSSR count). The molecular formula is C14H11Br2ClO2S. The Balaban J connectivity index is 2.00. The van der Waals surface area contributed by atoms with E-state index in [9.17, 15) is 0 Å². The van der Waals surface area contributed by atoms with Gasteiger partial charge in [0.05, 0.1) is 8.61 Å². The van der Waals surface area contributed by atoms with Crippen molar-refractivity contribution in [3.05, 3.63) is 43.0 Å². The van der Waals surface area contributed by atoms with Crippen molar-refractivity contribution >= 4 is 54.8 Å². The molecule has 0 amide bonds. The van der Waals surface area contributed by atoms with Crippen molar-refractivity contribution < 1.29 is 9.47 Å². The molecule has 106 valence electrons. The monoisotopic (exact) mass is 436 g/mol. The zero-order valence-electron chi connectivity index (χ0n) is 10.6. The van der Waals surface area contributed by atoms with Crippen LogP contribution in [0.5, 0.6) is 11.5 Å². The third-order valence-electron chi connectivity index (χ3n) is 3.06. The van der Waals surface area contributed by atoms with E-state index in [-0.39, 0.29) is 4.83 Å². The van der Waals surface area contributed by atoms with E-state index in [1.165, 1.54) is 10.4 Å². The molecule has 0 saturated carbocycles. The zero-order chi connectivity index (χ0) is 14.3. The summed E-state index contributed by atoms with van der Waals surface area (Å²) < 4.78 is 12.3.